The third-order valence-electron chi connectivity index (χ3n) is 3.38. The molecule has 1 atom stereocenters. The van der Waals surface area contributed by atoms with Crippen LogP contribution >= 0.6 is 11.6 Å². The summed E-state index contributed by atoms with van der Waals surface area (Å²) in [5.74, 6) is -0.0629. The monoisotopic (exact) mass is 317 g/mol. The summed E-state index contributed by atoms with van der Waals surface area (Å²) in [5.41, 5.74) is 2.09. The van der Waals surface area contributed by atoms with Crippen LogP contribution in [0.2, 0.25) is 5.02 Å². The molecule has 0 aliphatic rings. The highest BCUT2D eigenvalue weighted by molar-refractivity contribution is 6.30. The van der Waals surface area contributed by atoms with Gasteiger partial charge in [-0.05, 0) is 29.7 Å². The van der Waals surface area contributed by atoms with Crippen LogP contribution in [0.4, 0.5) is 0 Å². The van der Waals surface area contributed by atoms with Gasteiger partial charge < -0.3 is 10.4 Å². The van der Waals surface area contributed by atoms with Crippen LogP contribution < -0.4 is 5.32 Å². The van der Waals surface area contributed by atoms with Gasteiger partial charge in [-0.2, -0.15) is 0 Å². The SMILES string of the molecule is O=C(CCc1cccc(Cl)c1)NCC(O)Cc1ccccc1. The van der Waals surface area contributed by atoms with E-state index in [1.54, 1.807) is 0 Å². The van der Waals surface area contributed by atoms with Crippen LogP contribution in [0.15, 0.2) is 54.6 Å². The smallest absolute Gasteiger partial charge is 0.220 e. The van der Waals surface area contributed by atoms with E-state index in [1.165, 1.54) is 0 Å². The van der Waals surface area contributed by atoms with Crippen molar-refractivity contribution in [3.8, 4) is 0 Å². The van der Waals surface area contributed by atoms with E-state index in [9.17, 15) is 9.90 Å². The number of aryl methyl sites for hydroxylation is 1. The van der Waals surface area contributed by atoms with Crippen LogP contribution in [-0.2, 0) is 17.6 Å². The van der Waals surface area contributed by atoms with Gasteiger partial charge in [-0.1, -0.05) is 54.1 Å². The predicted molar refractivity (Wildman–Crippen MR) is 88.9 cm³/mol. The molecule has 22 heavy (non-hydrogen) atoms. The first-order valence-electron chi connectivity index (χ1n) is 7.36. The van der Waals surface area contributed by atoms with E-state index in [2.05, 4.69) is 5.32 Å². The second-order valence-electron chi connectivity index (χ2n) is 5.28. The molecular formula is C18H20ClNO2. The Balaban J connectivity index is 1.69. The van der Waals surface area contributed by atoms with Crippen molar-refractivity contribution in [3.05, 3.63) is 70.7 Å². The van der Waals surface area contributed by atoms with Gasteiger partial charge in [-0.3, -0.25) is 4.79 Å². The lowest BCUT2D eigenvalue weighted by Crippen LogP contribution is -2.33. The number of nitrogens with one attached hydrogen (secondary N) is 1. The van der Waals surface area contributed by atoms with E-state index >= 15 is 0 Å². The van der Waals surface area contributed by atoms with Crippen LogP contribution in [0, 0.1) is 0 Å². The van der Waals surface area contributed by atoms with Gasteiger partial charge in [-0.15, -0.1) is 0 Å². The van der Waals surface area contributed by atoms with E-state index in [4.69, 9.17) is 11.6 Å². The summed E-state index contributed by atoms with van der Waals surface area (Å²) in [4.78, 5) is 11.8. The Kier molecular flexibility index (Phi) is 6.44. The summed E-state index contributed by atoms with van der Waals surface area (Å²) >= 11 is 5.91. The maximum Gasteiger partial charge on any atom is 0.220 e. The summed E-state index contributed by atoms with van der Waals surface area (Å²) in [7, 11) is 0. The molecule has 2 aromatic carbocycles. The van der Waals surface area contributed by atoms with E-state index in [1.807, 2.05) is 54.6 Å². The van der Waals surface area contributed by atoms with Crippen LogP contribution in [0.1, 0.15) is 17.5 Å². The zero-order valence-corrected chi connectivity index (χ0v) is 13.1. The number of rotatable bonds is 7. The number of aliphatic hydroxyl groups excluding tert-OH is 1. The molecule has 0 saturated carbocycles. The Morgan fingerprint density at radius 1 is 1.09 bits per heavy atom. The Hall–Kier alpha value is -1.84. The number of amides is 1. The number of halogens is 1. The zero-order chi connectivity index (χ0) is 15.8. The number of hydrogen-bond acceptors (Lipinski definition) is 2. The van der Waals surface area contributed by atoms with Crippen molar-refractivity contribution in [1.29, 1.82) is 0 Å². The van der Waals surface area contributed by atoms with Gasteiger partial charge in [0.25, 0.3) is 0 Å². The molecule has 0 saturated heterocycles. The van der Waals surface area contributed by atoms with Crippen LogP contribution in [-0.4, -0.2) is 23.7 Å². The highest BCUT2D eigenvalue weighted by Gasteiger charge is 2.08. The minimum atomic E-state index is -0.572. The Morgan fingerprint density at radius 3 is 2.55 bits per heavy atom. The first-order chi connectivity index (χ1) is 10.6. The largest absolute Gasteiger partial charge is 0.391 e. The lowest BCUT2D eigenvalue weighted by molar-refractivity contribution is -0.121. The molecule has 0 aliphatic heterocycles. The van der Waals surface area contributed by atoms with Crippen molar-refractivity contribution in [2.24, 2.45) is 0 Å². The number of hydrogen-bond donors (Lipinski definition) is 2. The van der Waals surface area contributed by atoms with Crippen molar-refractivity contribution >= 4 is 17.5 Å². The maximum atomic E-state index is 11.8. The average Bonchev–Trinajstić information content (AvgIpc) is 2.52. The van der Waals surface area contributed by atoms with Crippen LogP contribution in [0.25, 0.3) is 0 Å². The second-order valence-corrected chi connectivity index (χ2v) is 5.71. The number of carbonyl (C=O) groups is 1. The van der Waals surface area contributed by atoms with Gasteiger partial charge in [0.15, 0.2) is 0 Å². The molecule has 0 heterocycles. The third-order valence-corrected chi connectivity index (χ3v) is 3.61. The fourth-order valence-corrected chi connectivity index (χ4v) is 2.44. The Labute approximate surface area is 135 Å². The molecule has 4 heteroatoms. The van der Waals surface area contributed by atoms with Crippen molar-refractivity contribution in [2.45, 2.75) is 25.4 Å². The van der Waals surface area contributed by atoms with Crippen molar-refractivity contribution in [3.63, 3.8) is 0 Å². The van der Waals surface area contributed by atoms with Gasteiger partial charge in [0.05, 0.1) is 6.10 Å². The Morgan fingerprint density at radius 2 is 1.82 bits per heavy atom. The quantitative estimate of drug-likeness (QED) is 0.825. The average molecular weight is 318 g/mol. The highest BCUT2D eigenvalue weighted by atomic mass is 35.5. The molecule has 0 aliphatic carbocycles. The van der Waals surface area contributed by atoms with E-state index < -0.39 is 6.10 Å². The lowest BCUT2D eigenvalue weighted by Gasteiger charge is -2.12. The minimum absolute atomic E-state index is 0.0629. The molecule has 0 spiro atoms. The highest BCUT2D eigenvalue weighted by Crippen LogP contribution is 2.12. The summed E-state index contributed by atoms with van der Waals surface area (Å²) < 4.78 is 0. The van der Waals surface area contributed by atoms with Crippen molar-refractivity contribution < 1.29 is 9.90 Å². The summed E-state index contributed by atoms with van der Waals surface area (Å²) in [6, 6.07) is 17.2. The Bertz CT molecular complexity index is 601. The van der Waals surface area contributed by atoms with Gasteiger partial charge in [0, 0.05) is 24.4 Å². The van der Waals surface area contributed by atoms with E-state index in [-0.39, 0.29) is 12.5 Å². The first kappa shape index (κ1) is 16.5. The van der Waals surface area contributed by atoms with E-state index in [0.29, 0.717) is 24.3 Å². The summed E-state index contributed by atoms with van der Waals surface area (Å²) in [5, 5.41) is 13.4. The van der Waals surface area contributed by atoms with Gasteiger partial charge >= 0.3 is 0 Å². The van der Waals surface area contributed by atoms with Crippen LogP contribution in [0.3, 0.4) is 0 Å². The maximum absolute atomic E-state index is 11.8. The molecule has 2 aromatic rings. The summed E-state index contributed by atoms with van der Waals surface area (Å²) in [6.45, 7) is 0.267. The molecule has 3 nitrogen and oxygen atoms in total. The molecule has 116 valence electrons. The molecule has 0 bridgehead atoms. The second kappa shape index (κ2) is 8.57. The molecule has 0 aromatic heterocycles. The molecule has 0 radical (unpaired) electrons. The van der Waals surface area contributed by atoms with Gasteiger partial charge in [0.2, 0.25) is 5.91 Å². The lowest BCUT2D eigenvalue weighted by atomic mass is 10.1. The molecular weight excluding hydrogens is 298 g/mol. The topological polar surface area (TPSA) is 49.3 Å². The van der Waals surface area contributed by atoms with Crippen molar-refractivity contribution in [2.75, 3.05) is 6.54 Å². The number of benzene rings is 2. The molecule has 2 rings (SSSR count). The molecule has 0 fully saturated rings. The predicted octanol–water partition coefficient (Wildman–Crippen LogP) is 2.99. The van der Waals surface area contributed by atoms with Crippen LogP contribution in [0.5, 0.6) is 0 Å². The third kappa shape index (κ3) is 5.88. The standard InChI is InChI=1S/C18H20ClNO2/c19-16-8-4-7-15(11-16)9-10-18(22)20-13-17(21)12-14-5-2-1-3-6-14/h1-8,11,17,21H,9-10,12-13H2,(H,20,22). The zero-order valence-electron chi connectivity index (χ0n) is 12.3. The normalized spacial score (nSPS) is 11.9. The van der Waals surface area contributed by atoms with E-state index in [0.717, 1.165) is 11.1 Å². The van der Waals surface area contributed by atoms with Crippen molar-refractivity contribution in [1.82, 2.24) is 5.32 Å². The molecule has 1 amide bonds. The number of aliphatic hydroxyl groups is 1. The van der Waals surface area contributed by atoms with Gasteiger partial charge in [-0.25, -0.2) is 0 Å². The first-order valence-corrected chi connectivity index (χ1v) is 7.74. The fraction of sp³-hybridized carbons (Fsp3) is 0.278. The molecule has 1 unspecified atom stereocenters. The van der Waals surface area contributed by atoms with Gasteiger partial charge in [0.1, 0.15) is 0 Å². The molecule has 2 N–H and O–H groups in total. The fourth-order valence-electron chi connectivity index (χ4n) is 2.23. The minimum Gasteiger partial charge on any atom is -0.391 e. The summed E-state index contributed by atoms with van der Waals surface area (Å²) in [6.07, 6.45) is 0.993. The number of carbonyl (C=O) groups excluding carboxylic acids is 1.